The van der Waals surface area contributed by atoms with Crippen LogP contribution in [0, 0.1) is 5.92 Å². The van der Waals surface area contributed by atoms with Gasteiger partial charge in [-0.2, -0.15) is 0 Å². The normalized spacial score (nSPS) is 24.3. The SMILES string of the molecule is CCC(N)CS(=O)(=O)CC1CCCN(S(C)(=O)=O)C1. The Balaban J connectivity index is 2.62. The molecule has 1 rings (SSSR count). The molecule has 0 aromatic rings. The summed E-state index contributed by atoms with van der Waals surface area (Å²) in [4.78, 5) is 0. The summed E-state index contributed by atoms with van der Waals surface area (Å²) in [6.07, 6.45) is 3.26. The van der Waals surface area contributed by atoms with E-state index in [1.165, 1.54) is 4.31 Å². The van der Waals surface area contributed by atoms with Crippen molar-refractivity contribution in [3.8, 4) is 0 Å². The van der Waals surface area contributed by atoms with Crippen molar-refractivity contribution in [2.24, 2.45) is 11.7 Å². The summed E-state index contributed by atoms with van der Waals surface area (Å²) in [7, 11) is -6.44. The molecule has 1 heterocycles. The van der Waals surface area contributed by atoms with Crippen molar-refractivity contribution in [1.82, 2.24) is 4.31 Å². The first-order chi connectivity index (χ1) is 8.64. The average Bonchev–Trinajstić information content (AvgIpc) is 2.26. The highest BCUT2D eigenvalue weighted by molar-refractivity contribution is 7.91. The van der Waals surface area contributed by atoms with Crippen LogP contribution in [0.1, 0.15) is 26.2 Å². The Kier molecular flexibility index (Phi) is 5.78. The van der Waals surface area contributed by atoms with Gasteiger partial charge in [-0.15, -0.1) is 0 Å². The summed E-state index contributed by atoms with van der Waals surface area (Å²) in [5, 5.41) is 0. The second-order valence-corrected chi connectivity index (χ2v) is 9.51. The van der Waals surface area contributed by atoms with Crippen molar-refractivity contribution in [1.29, 1.82) is 0 Å². The van der Waals surface area contributed by atoms with Gasteiger partial charge in [0.25, 0.3) is 0 Å². The molecule has 1 aliphatic heterocycles. The molecule has 0 aromatic carbocycles. The number of nitrogens with two attached hydrogens (primary N) is 1. The molecule has 1 aliphatic rings. The summed E-state index contributed by atoms with van der Waals surface area (Å²) < 4.78 is 48.3. The zero-order valence-corrected chi connectivity index (χ0v) is 13.2. The van der Waals surface area contributed by atoms with E-state index in [0.717, 1.165) is 12.7 Å². The minimum Gasteiger partial charge on any atom is -0.327 e. The lowest BCUT2D eigenvalue weighted by molar-refractivity contribution is 0.283. The number of nitrogens with zero attached hydrogens (tertiary/aromatic N) is 1. The van der Waals surface area contributed by atoms with Crippen molar-refractivity contribution in [2.75, 3.05) is 30.9 Å². The minimum atomic E-state index is -3.23. The highest BCUT2D eigenvalue weighted by Crippen LogP contribution is 2.20. The van der Waals surface area contributed by atoms with Crippen LogP contribution in [0.5, 0.6) is 0 Å². The number of hydrogen-bond donors (Lipinski definition) is 1. The zero-order chi connectivity index (χ0) is 14.7. The Morgan fingerprint density at radius 2 is 1.95 bits per heavy atom. The van der Waals surface area contributed by atoms with Crippen molar-refractivity contribution in [3.63, 3.8) is 0 Å². The molecule has 8 heteroatoms. The second-order valence-electron chi connectivity index (χ2n) is 5.37. The van der Waals surface area contributed by atoms with E-state index < -0.39 is 19.9 Å². The van der Waals surface area contributed by atoms with E-state index in [4.69, 9.17) is 5.73 Å². The van der Waals surface area contributed by atoms with Gasteiger partial charge < -0.3 is 5.73 Å². The molecule has 0 radical (unpaired) electrons. The van der Waals surface area contributed by atoms with E-state index in [0.29, 0.717) is 25.9 Å². The van der Waals surface area contributed by atoms with Crippen molar-refractivity contribution >= 4 is 19.9 Å². The molecule has 19 heavy (non-hydrogen) atoms. The van der Waals surface area contributed by atoms with E-state index in [-0.39, 0.29) is 23.5 Å². The molecule has 0 amide bonds. The average molecular weight is 312 g/mol. The van der Waals surface area contributed by atoms with Gasteiger partial charge in [0.05, 0.1) is 17.8 Å². The first-order valence-corrected chi connectivity index (χ1v) is 10.2. The van der Waals surface area contributed by atoms with Gasteiger partial charge in [-0.1, -0.05) is 6.92 Å². The van der Waals surface area contributed by atoms with Crippen LogP contribution in [0.15, 0.2) is 0 Å². The molecule has 1 saturated heterocycles. The fourth-order valence-electron chi connectivity index (χ4n) is 2.34. The van der Waals surface area contributed by atoms with E-state index >= 15 is 0 Å². The lowest BCUT2D eigenvalue weighted by atomic mass is 10.0. The summed E-state index contributed by atoms with van der Waals surface area (Å²) in [6, 6.07) is -0.334. The van der Waals surface area contributed by atoms with Crippen molar-refractivity contribution < 1.29 is 16.8 Å². The molecule has 0 saturated carbocycles. The predicted molar refractivity (Wildman–Crippen MR) is 76.1 cm³/mol. The highest BCUT2D eigenvalue weighted by Gasteiger charge is 2.29. The van der Waals surface area contributed by atoms with Gasteiger partial charge in [0.15, 0.2) is 9.84 Å². The van der Waals surface area contributed by atoms with Gasteiger partial charge in [-0.25, -0.2) is 21.1 Å². The summed E-state index contributed by atoms with van der Waals surface area (Å²) in [6.45, 7) is 2.65. The Morgan fingerprint density at radius 3 is 2.47 bits per heavy atom. The first kappa shape index (κ1) is 16.9. The molecule has 1 fully saturated rings. The Morgan fingerprint density at radius 1 is 1.32 bits per heavy atom. The van der Waals surface area contributed by atoms with Crippen LogP contribution >= 0.6 is 0 Å². The van der Waals surface area contributed by atoms with Crippen LogP contribution in [-0.4, -0.2) is 58.0 Å². The molecule has 2 unspecified atom stereocenters. The van der Waals surface area contributed by atoms with Gasteiger partial charge >= 0.3 is 0 Å². The maximum absolute atomic E-state index is 12.0. The van der Waals surface area contributed by atoms with E-state index in [2.05, 4.69) is 0 Å². The molecule has 6 nitrogen and oxygen atoms in total. The smallest absolute Gasteiger partial charge is 0.211 e. The first-order valence-electron chi connectivity index (χ1n) is 6.55. The fourth-order valence-corrected chi connectivity index (χ4v) is 5.29. The number of piperidine rings is 1. The zero-order valence-electron chi connectivity index (χ0n) is 11.6. The van der Waals surface area contributed by atoms with Crippen LogP contribution in [0.3, 0.4) is 0 Å². The van der Waals surface area contributed by atoms with Crippen LogP contribution < -0.4 is 5.73 Å². The third-order valence-electron chi connectivity index (χ3n) is 3.43. The maximum atomic E-state index is 12.0. The van der Waals surface area contributed by atoms with Crippen LogP contribution in [0.4, 0.5) is 0 Å². The summed E-state index contributed by atoms with van der Waals surface area (Å²) >= 11 is 0. The van der Waals surface area contributed by atoms with Crippen LogP contribution in [0.2, 0.25) is 0 Å². The highest BCUT2D eigenvalue weighted by atomic mass is 32.2. The number of rotatable bonds is 6. The van der Waals surface area contributed by atoms with E-state index in [1.807, 2.05) is 6.92 Å². The van der Waals surface area contributed by atoms with E-state index in [1.54, 1.807) is 0 Å². The largest absolute Gasteiger partial charge is 0.327 e. The van der Waals surface area contributed by atoms with Crippen molar-refractivity contribution in [3.05, 3.63) is 0 Å². The van der Waals surface area contributed by atoms with Gasteiger partial charge in [-0.05, 0) is 25.2 Å². The third-order valence-corrected chi connectivity index (χ3v) is 6.62. The topological polar surface area (TPSA) is 97.5 Å². The monoisotopic (exact) mass is 312 g/mol. The molecule has 2 atom stereocenters. The molecular weight excluding hydrogens is 288 g/mol. The molecule has 0 aromatic heterocycles. The Hall–Kier alpha value is -0.180. The standard InChI is InChI=1S/C11H24N2O4S2/c1-3-11(12)9-19(16,17)8-10-5-4-6-13(7-10)18(2,14)15/h10-11H,3-9,12H2,1-2H3. The summed E-state index contributed by atoms with van der Waals surface area (Å²) in [5.41, 5.74) is 5.68. The Bertz CT molecular complexity index is 487. The summed E-state index contributed by atoms with van der Waals surface area (Å²) in [5.74, 6) is -0.0940. The molecular formula is C11H24N2O4S2. The second kappa shape index (κ2) is 6.51. The predicted octanol–water partition coefficient (Wildman–Crippen LogP) is -0.190. The van der Waals surface area contributed by atoms with Crippen molar-refractivity contribution in [2.45, 2.75) is 32.2 Å². The third kappa shape index (κ3) is 5.76. The van der Waals surface area contributed by atoms with Gasteiger partial charge in [-0.3, -0.25) is 0 Å². The molecule has 0 aliphatic carbocycles. The number of hydrogen-bond acceptors (Lipinski definition) is 5. The van der Waals surface area contributed by atoms with Gasteiger partial charge in [0.1, 0.15) is 0 Å². The van der Waals surface area contributed by atoms with Crippen LogP contribution in [-0.2, 0) is 19.9 Å². The van der Waals surface area contributed by atoms with Gasteiger partial charge in [0, 0.05) is 19.1 Å². The molecule has 114 valence electrons. The lowest BCUT2D eigenvalue weighted by Gasteiger charge is -2.30. The van der Waals surface area contributed by atoms with Crippen LogP contribution in [0.25, 0.3) is 0 Å². The lowest BCUT2D eigenvalue weighted by Crippen LogP contribution is -2.42. The quantitative estimate of drug-likeness (QED) is 0.733. The number of sulfone groups is 1. The van der Waals surface area contributed by atoms with E-state index in [9.17, 15) is 16.8 Å². The maximum Gasteiger partial charge on any atom is 0.211 e. The molecule has 0 bridgehead atoms. The molecule has 0 spiro atoms. The minimum absolute atomic E-state index is 0.0150. The fraction of sp³-hybridized carbons (Fsp3) is 1.00. The Labute approximate surface area is 116 Å². The van der Waals surface area contributed by atoms with Gasteiger partial charge in [0.2, 0.25) is 10.0 Å². The molecule has 2 N–H and O–H groups in total. The number of sulfonamides is 1.